The average Bonchev–Trinajstić information content (AvgIpc) is 2.67. The zero-order valence-electron chi connectivity index (χ0n) is 13.7. The molecule has 0 unspecified atom stereocenters. The van der Waals surface area contributed by atoms with Crippen LogP contribution < -0.4 is 9.47 Å². The first kappa shape index (κ1) is 16.5. The summed E-state index contributed by atoms with van der Waals surface area (Å²) in [6.45, 7) is 0.370. The molecule has 0 amide bonds. The molecule has 5 heteroatoms. The maximum Gasteiger partial charge on any atom is 0.336 e. The van der Waals surface area contributed by atoms with Crippen molar-refractivity contribution in [3.8, 4) is 22.6 Å². The highest BCUT2D eigenvalue weighted by atomic mass is 16.5. The van der Waals surface area contributed by atoms with E-state index in [9.17, 15) is 9.90 Å². The van der Waals surface area contributed by atoms with Crippen LogP contribution in [0.3, 0.4) is 0 Å². The third-order valence-electron chi connectivity index (χ3n) is 3.76. The lowest BCUT2D eigenvalue weighted by Gasteiger charge is -2.13. The molecule has 0 aliphatic carbocycles. The van der Waals surface area contributed by atoms with Gasteiger partial charge in [0, 0.05) is 23.5 Å². The Kier molecular flexibility index (Phi) is 4.95. The number of ether oxygens (including phenoxy) is 2. The second-order valence-corrected chi connectivity index (χ2v) is 5.36. The SMILES string of the molecule is COc1ccncc1-c1ccc(OCc2ccccc2)cc1C(=O)O. The molecule has 1 N–H and O–H groups in total. The number of rotatable bonds is 6. The minimum atomic E-state index is -1.04. The van der Waals surface area contributed by atoms with Crippen LogP contribution in [0.15, 0.2) is 67.0 Å². The molecule has 0 saturated heterocycles. The lowest BCUT2D eigenvalue weighted by Crippen LogP contribution is -2.03. The first-order valence-corrected chi connectivity index (χ1v) is 7.71. The number of aromatic nitrogens is 1. The van der Waals surface area contributed by atoms with E-state index in [0.29, 0.717) is 29.2 Å². The highest BCUT2D eigenvalue weighted by Gasteiger charge is 2.16. The number of hydrogen-bond donors (Lipinski definition) is 1. The van der Waals surface area contributed by atoms with Gasteiger partial charge in [-0.1, -0.05) is 30.3 Å². The Bertz CT molecular complexity index is 878. The molecule has 0 aliphatic rings. The third kappa shape index (κ3) is 3.77. The number of carboxylic acids is 1. The van der Waals surface area contributed by atoms with Crippen LogP contribution in [0.4, 0.5) is 0 Å². The number of methoxy groups -OCH3 is 1. The minimum Gasteiger partial charge on any atom is -0.496 e. The highest BCUT2D eigenvalue weighted by molar-refractivity contribution is 5.97. The molecule has 2 aromatic carbocycles. The maximum absolute atomic E-state index is 11.7. The average molecular weight is 335 g/mol. The van der Waals surface area contributed by atoms with Gasteiger partial charge in [-0.15, -0.1) is 0 Å². The molecule has 0 radical (unpaired) electrons. The molecule has 0 spiro atoms. The summed E-state index contributed by atoms with van der Waals surface area (Å²) in [4.78, 5) is 15.8. The predicted molar refractivity (Wildman–Crippen MR) is 94.0 cm³/mol. The molecule has 1 aromatic heterocycles. The minimum absolute atomic E-state index is 0.136. The number of hydrogen-bond acceptors (Lipinski definition) is 4. The fourth-order valence-corrected chi connectivity index (χ4v) is 2.53. The number of carboxylic acid groups (broad SMARTS) is 1. The van der Waals surface area contributed by atoms with E-state index in [2.05, 4.69) is 4.98 Å². The van der Waals surface area contributed by atoms with Gasteiger partial charge in [0.1, 0.15) is 18.1 Å². The van der Waals surface area contributed by atoms with Gasteiger partial charge in [0.15, 0.2) is 0 Å². The summed E-state index contributed by atoms with van der Waals surface area (Å²) in [5.74, 6) is 0.0226. The Morgan fingerprint density at radius 2 is 1.88 bits per heavy atom. The molecular formula is C20H17NO4. The van der Waals surface area contributed by atoms with E-state index in [1.165, 1.54) is 13.2 Å². The van der Waals surface area contributed by atoms with Gasteiger partial charge in [-0.25, -0.2) is 4.79 Å². The zero-order chi connectivity index (χ0) is 17.6. The van der Waals surface area contributed by atoms with Crippen LogP contribution in [-0.4, -0.2) is 23.2 Å². The van der Waals surface area contributed by atoms with Crippen molar-refractivity contribution in [2.24, 2.45) is 0 Å². The normalized spacial score (nSPS) is 10.3. The summed E-state index contributed by atoms with van der Waals surface area (Å²) in [5.41, 5.74) is 2.30. The number of carbonyl (C=O) groups is 1. The monoisotopic (exact) mass is 335 g/mol. The molecule has 25 heavy (non-hydrogen) atoms. The summed E-state index contributed by atoms with van der Waals surface area (Å²) in [5, 5.41) is 9.58. The molecule has 3 rings (SSSR count). The van der Waals surface area contributed by atoms with Gasteiger partial charge >= 0.3 is 5.97 Å². The van der Waals surface area contributed by atoms with E-state index < -0.39 is 5.97 Å². The first-order chi connectivity index (χ1) is 12.2. The van der Waals surface area contributed by atoms with Crippen molar-refractivity contribution in [2.75, 3.05) is 7.11 Å². The smallest absolute Gasteiger partial charge is 0.336 e. The van der Waals surface area contributed by atoms with Crippen molar-refractivity contribution in [3.63, 3.8) is 0 Å². The first-order valence-electron chi connectivity index (χ1n) is 7.71. The molecule has 0 fully saturated rings. The standard InChI is InChI=1S/C20H17NO4/c1-24-19-9-10-21-12-18(19)16-8-7-15(11-17(16)20(22)23)25-13-14-5-3-2-4-6-14/h2-12H,13H2,1H3,(H,22,23). The lowest BCUT2D eigenvalue weighted by molar-refractivity contribution is 0.0697. The Morgan fingerprint density at radius 1 is 1.08 bits per heavy atom. The fraction of sp³-hybridized carbons (Fsp3) is 0.100. The largest absolute Gasteiger partial charge is 0.496 e. The zero-order valence-corrected chi connectivity index (χ0v) is 13.7. The lowest BCUT2D eigenvalue weighted by atomic mass is 10.00. The van der Waals surface area contributed by atoms with Crippen molar-refractivity contribution in [1.29, 1.82) is 0 Å². The number of pyridine rings is 1. The van der Waals surface area contributed by atoms with Gasteiger partial charge in [0.25, 0.3) is 0 Å². The molecular weight excluding hydrogens is 318 g/mol. The van der Waals surface area contributed by atoms with Crippen molar-refractivity contribution in [1.82, 2.24) is 4.98 Å². The number of benzene rings is 2. The van der Waals surface area contributed by atoms with E-state index in [1.54, 1.807) is 30.6 Å². The van der Waals surface area contributed by atoms with Crippen LogP contribution in [0.5, 0.6) is 11.5 Å². The van der Waals surface area contributed by atoms with Gasteiger partial charge in [-0.3, -0.25) is 4.98 Å². The molecule has 0 saturated carbocycles. The Morgan fingerprint density at radius 3 is 2.60 bits per heavy atom. The predicted octanol–water partition coefficient (Wildman–Crippen LogP) is 4.03. The number of aromatic carboxylic acids is 1. The number of nitrogens with zero attached hydrogens (tertiary/aromatic N) is 1. The van der Waals surface area contributed by atoms with Crippen molar-refractivity contribution in [3.05, 3.63) is 78.1 Å². The van der Waals surface area contributed by atoms with Crippen molar-refractivity contribution >= 4 is 5.97 Å². The molecule has 126 valence electrons. The topological polar surface area (TPSA) is 68.7 Å². The second kappa shape index (κ2) is 7.49. The van der Waals surface area contributed by atoms with Crippen LogP contribution in [0.1, 0.15) is 15.9 Å². The van der Waals surface area contributed by atoms with Crippen LogP contribution in [0.25, 0.3) is 11.1 Å². The summed E-state index contributed by atoms with van der Waals surface area (Å²) in [6.07, 6.45) is 3.19. The molecule has 0 aliphatic heterocycles. The summed E-state index contributed by atoms with van der Waals surface area (Å²) in [7, 11) is 1.54. The van der Waals surface area contributed by atoms with Gasteiger partial charge < -0.3 is 14.6 Å². The van der Waals surface area contributed by atoms with E-state index in [4.69, 9.17) is 9.47 Å². The Labute approximate surface area is 145 Å². The highest BCUT2D eigenvalue weighted by Crippen LogP contribution is 2.33. The maximum atomic E-state index is 11.7. The van der Waals surface area contributed by atoms with E-state index >= 15 is 0 Å². The Balaban J connectivity index is 1.92. The fourth-order valence-electron chi connectivity index (χ4n) is 2.53. The second-order valence-electron chi connectivity index (χ2n) is 5.36. The van der Waals surface area contributed by atoms with Gasteiger partial charge in [-0.05, 0) is 29.8 Å². The Hall–Kier alpha value is -3.34. The van der Waals surface area contributed by atoms with Crippen LogP contribution in [0, 0.1) is 0 Å². The summed E-state index contributed by atoms with van der Waals surface area (Å²) >= 11 is 0. The van der Waals surface area contributed by atoms with Crippen molar-refractivity contribution in [2.45, 2.75) is 6.61 Å². The van der Waals surface area contributed by atoms with Gasteiger partial charge in [0.2, 0.25) is 0 Å². The van der Waals surface area contributed by atoms with Gasteiger partial charge in [-0.2, -0.15) is 0 Å². The summed E-state index contributed by atoms with van der Waals surface area (Å²) in [6, 6.07) is 16.4. The van der Waals surface area contributed by atoms with Crippen molar-refractivity contribution < 1.29 is 19.4 Å². The molecule has 3 aromatic rings. The van der Waals surface area contributed by atoms with Crippen LogP contribution >= 0.6 is 0 Å². The van der Waals surface area contributed by atoms with Gasteiger partial charge in [0.05, 0.1) is 12.7 Å². The molecule has 0 bridgehead atoms. The quantitative estimate of drug-likeness (QED) is 0.736. The molecule has 1 heterocycles. The van der Waals surface area contributed by atoms with E-state index in [-0.39, 0.29) is 5.56 Å². The molecule has 0 atom stereocenters. The third-order valence-corrected chi connectivity index (χ3v) is 3.76. The van der Waals surface area contributed by atoms with E-state index in [1.807, 2.05) is 30.3 Å². The molecule has 5 nitrogen and oxygen atoms in total. The van der Waals surface area contributed by atoms with E-state index in [0.717, 1.165) is 5.56 Å². The van der Waals surface area contributed by atoms with Crippen LogP contribution in [0.2, 0.25) is 0 Å². The summed E-state index contributed by atoms with van der Waals surface area (Å²) < 4.78 is 11.0. The van der Waals surface area contributed by atoms with Crippen LogP contribution in [-0.2, 0) is 6.61 Å².